The van der Waals surface area contributed by atoms with Gasteiger partial charge in [0.1, 0.15) is 4.90 Å². The quantitative estimate of drug-likeness (QED) is 0.922. The number of rotatable bonds is 5. The van der Waals surface area contributed by atoms with E-state index in [0.717, 1.165) is 5.56 Å². The van der Waals surface area contributed by atoms with Gasteiger partial charge in [0.15, 0.2) is 0 Å². The molecule has 0 bridgehead atoms. The van der Waals surface area contributed by atoms with Gasteiger partial charge in [-0.05, 0) is 24.5 Å². The molecule has 1 heterocycles. The standard InChI is InChI=1S/C14H19N3O2S/c1-4-17-10-12(9-15-17)20(18,19)16-14-8-6-5-7-13(14)11(2)3/h5-11,16H,4H2,1-3H3. The van der Waals surface area contributed by atoms with Crippen molar-refractivity contribution in [1.29, 1.82) is 0 Å². The molecule has 0 aliphatic heterocycles. The van der Waals surface area contributed by atoms with Gasteiger partial charge in [-0.1, -0.05) is 32.0 Å². The number of sulfonamides is 1. The van der Waals surface area contributed by atoms with E-state index in [9.17, 15) is 8.42 Å². The zero-order valence-corrected chi connectivity index (χ0v) is 12.7. The van der Waals surface area contributed by atoms with Crippen LogP contribution in [0.15, 0.2) is 41.6 Å². The number of hydrogen-bond acceptors (Lipinski definition) is 3. The number of aryl methyl sites for hydroxylation is 1. The molecule has 0 atom stereocenters. The summed E-state index contributed by atoms with van der Waals surface area (Å²) in [6, 6.07) is 7.43. The van der Waals surface area contributed by atoms with Crippen molar-refractivity contribution in [2.24, 2.45) is 0 Å². The number of benzene rings is 1. The van der Waals surface area contributed by atoms with Gasteiger partial charge < -0.3 is 0 Å². The van der Waals surface area contributed by atoms with Crippen LogP contribution in [0.3, 0.4) is 0 Å². The Morgan fingerprint density at radius 2 is 2.00 bits per heavy atom. The minimum absolute atomic E-state index is 0.179. The van der Waals surface area contributed by atoms with Crippen molar-refractivity contribution < 1.29 is 8.42 Å². The van der Waals surface area contributed by atoms with E-state index < -0.39 is 10.0 Å². The molecular formula is C14H19N3O2S. The van der Waals surface area contributed by atoms with Gasteiger partial charge >= 0.3 is 0 Å². The van der Waals surface area contributed by atoms with Gasteiger partial charge in [0.25, 0.3) is 10.0 Å². The Morgan fingerprint density at radius 1 is 1.30 bits per heavy atom. The molecule has 1 aromatic heterocycles. The van der Waals surface area contributed by atoms with Crippen molar-refractivity contribution in [3.63, 3.8) is 0 Å². The maximum atomic E-state index is 12.3. The maximum absolute atomic E-state index is 12.3. The van der Waals surface area contributed by atoms with Crippen molar-refractivity contribution in [3.8, 4) is 0 Å². The van der Waals surface area contributed by atoms with E-state index in [0.29, 0.717) is 12.2 Å². The second kappa shape index (κ2) is 5.66. The monoisotopic (exact) mass is 293 g/mol. The van der Waals surface area contributed by atoms with Crippen molar-refractivity contribution >= 4 is 15.7 Å². The number of anilines is 1. The summed E-state index contributed by atoms with van der Waals surface area (Å²) in [7, 11) is -3.59. The summed E-state index contributed by atoms with van der Waals surface area (Å²) >= 11 is 0. The summed E-state index contributed by atoms with van der Waals surface area (Å²) in [5.74, 6) is 0.243. The molecule has 0 spiro atoms. The highest BCUT2D eigenvalue weighted by molar-refractivity contribution is 7.92. The SMILES string of the molecule is CCn1cc(S(=O)(=O)Nc2ccccc2C(C)C)cn1. The molecule has 2 aromatic rings. The van der Waals surface area contributed by atoms with Crippen molar-refractivity contribution in [2.75, 3.05) is 4.72 Å². The second-order valence-corrected chi connectivity index (χ2v) is 6.56. The molecular weight excluding hydrogens is 274 g/mol. The maximum Gasteiger partial charge on any atom is 0.265 e. The topological polar surface area (TPSA) is 64.0 Å². The van der Waals surface area contributed by atoms with E-state index in [4.69, 9.17) is 0 Å². The Hall–Kier alpha value is -1.82. The Morgan fingerprint density at radius 3 is 2.60 bits per heavy atom. The van der Waals surface area contributed by atoms with Crippen LogP contribution in [0.1, 0.15) is 32.3 Å². The normalized spacial score (nSPS) is 11.8. The van der Waals surface area contributed by atoms with Gasteiger partial charge in [-0.2, -0.15) is 5.10 Å². The van der Waals surface area contributed by atoms with Gasteiger partial charge in [-0.15, -0.1) is 0 Å². The number of hydrogen-bond donors (Lipinski definition) is 1. The third-order valence-corrected chi connectivity index (χ3v) is 4.39. The number of nitrogens with one attached hydrogen (secondary N) is 1. The highest BCUT2D eigenvalue weighted by Crippen LogP contribution is 2.25. The molecule has 0 saturated carbocycles. The lowest BCUT2D eigenvalue weighted by molar-refractivity contribution is 0.600. The third-order valence-electron chi connectivity index (χ3n) is 3.07. The largest absolute Gasteiger partial charge is 0.279 e. The number of nitrogens with zero attached hydrogens (tertiary/aromatic N) is 2. The van der Waals surface area contributed by atoms with Gasteiger partial charge in [0, 0.05) is 12.7 Å². The molecule has 0 aliphatic rings. The van der Waals surface area contributed by atoms with Crippen LogP contribution in [0.4, 0.5) is 5.69 Å². The number of aromatic nitrogens is 2. The van der Waals surface area contributed by atoms with Gasteiger partial charge in [-0.25, -0.2) is 8.42 Å². The lowest BCUT2D eigenvalue weighted by atomic mass is 10.0. The van der Waals surface area contributed by atoms with Crippen LogP contribution < -0.4 is 4.72 Å². The van der Waals surface area contributed by atoms with Gasteiger partial charge in [-0.3, -0.25) is 9.40 Å². The molecule has 0 fully saturated rings. The van der Waals surface area contributed by atoms with Crippen LogP contribution in [0.2, 0.25) is 0 Å². The summed E-state index contributed by atoms with van der Waals surface area (Å²) in [5.41, 5.74) is 1.59. The fourth-order valence-electron chi connectivity index (χ4n) is 1.95. The van der Waals surface area contributed by atoms with E-state index in [1.54, 1.807) is 10.7 Å². The van der Waals surface area contributed by atoms with Crippen LogP contribution in [0.5, 0.6) is 0 Å². The smallest absolute Gasteiger partial charge is 0.265 e. The molecule has 0 aliphatic carbocycles. The first-order valence-corrected chi connectivity index (χ1v) is 8.06. The van der Waals surface area contributed by atoms with Gasteiger partial charge in [0.05, 0.1) is 11.9 Å². The number of para-hydroxylation sites is 1. The lowest BCUT2D eigenvalue weighted by Gasteiger charge is -2.14. The summed E-state index contributed by atoms with van der Waals surface area (Å²) in [4.78, 5) is 0.179. The molecule has 0 radical (unpaired) electrons. The van der Waals surface area contributed by atoms with Crippen molar-refractivity contribution in [2.45, 2.75) is 38.1 Å². The Labute approximate surface area is 119 Å². The average molecular weight is 293 g/mol. The van der Waals surface area contributed by atoms with E-state index in [2.05, 4.69) is 9.82 Å². The first kappa shape index (κ1) is 14.6. The highest BCUT2D eigenvalue weighted by Gasteiger charge is 2.18. The summed E-state index contributed by atoms with van der Waals surface area (Å²) < 4.78 is 28.9. The molecule has 0 saturated heterocycles. The molecule has 2 rings (SSSR count). The van der Waals surface area contributed by atoms with Crippen LogP contribution >= 0.6 is 0 Å². The molecule has 0 unspecified atom stereocenters. The zero-order chi connectivity index (χ0) is 14.8. The minimum Gasteiger partial charge on any atom is -0.279 e. The van der Waals surface area contributed by atoms with Crippen LogP contribution in [-0.4, -0.2) is 18.2 Å². The second-order valence-electron chi connectivity index (χ2n) is 4.88. The minimum atomic E-state index is -3.59. The first-order valence-electron chi connectivity index (χ1n) is 6.58. The van der Waals surface area contributed by atoms with Crippen molar-refractivity contribution in [1.82, 2.24) is 9.78 Å². The third kappa shape index (κ3) is 3.01. The van der Waals surface area contributed by atoms with Crippen LogP contribution in [0, 0.1) is 0 Å². The highest BCUT2D eigenvalue weighted by atomic mass is 32.2. The van der Waals surface area contributed by atoms with E-state index >= 15 is 0 Å². The molecule has 20 heavy (non-hydrogen) atoms. The Bertz CT molecular complexity index is 690. The van der Waals surface area contributed by atoms with Crippen LogP contribution in [-0.2, 0) is 16.6 Å². The summed E-state index contributed by atoms with van der Waals surface area (Å²) in [6.07, 6.45) is 2.89. The summed E-state index contributed by atoms with van der Waals surface area (Å²) in [5, 5.41) is 4.00. The van der Waals surface area contributed by atoms with Crippen LogP contribution in [0.25, 0.3) is 0 Å². The molecule has 1 aromatic carbocycles. The molecule has 6 heteroatoms. The first-order chi connectivity index (χ1) is 9.44. The molecule has 108 valence electrons. The molecule has 0 amide bonds. The fourth-order valence-corrected chi connectivity index (χ4v) is 2.99. The molecule has 1 N–H and O–H groups in total. The fraction of sp³-hybridized carbons (Fsp3) is 0.357. The Balaban J connectivity index is 2.33. The Kier molecular flexibility index (Phi) is 4.13. The van der Waals surface area contributed by atoms with E-state index in [-0.39, 0.29) is 10.8 Å². The van der Waals surface area contributed by atoms with Gasteiger partial charge in [0.2, 0.25) is 0 Å². The molecule has 5 nitrogen and oxygen atoms in total. The predicted molar refractivity (Wildman–Crippen MR) is 79.2 cm³/mol. The summed E-state index contributed by atoms with van der Waals surface area (Å²) in [6.45, 7) is 6.60. The lowest BCUT2D eigenvalue weighted by Crippen LogP contribution is -2.14. The zero-order valence-electron chi connectivity index (χ0n) is 11.9. The van der Waals surface area contributed by atoms with E-state index in [1.807, 2.05) is 39.0 Å². The van der Waals surface area contributed by atoms with Crippen molar-refractivity contribution in [3.05, 3.63) is 42.2 Å². The average Bonchev–Trinajstić information content (AvgIpc) is 2.88. The van der Waals surface area contributed by atoms with E-state index in [1.165, 1.54) is 12.4 Å². The predicted octanol–water partition coefficient (Wildman–Crippen LogP) is 2.83.